The highest BCUT2D eigenvalue weighted by atomic mass is 19.1. The molecular formula is C25H21FO6. The van der Waals surface area contributed by atoms with E-state index in [4.69, 9.17) is 18.3 Å². The number of aryl methyl sites for hydroxylation is 1. The van der Waals surface area contributed by atoms with Crippen molar-refractivity contribution in [3.8, 4) is 0 Å². The minimum absolute atomic E-state index is 0.196. The summed E-state index contributed by atoms with van der Waals surface area (Å²) in [6.07, 6.45) is 3.33. The number of benzene rings is 2. The molecule has 0 fully saturated rings. The molecule has 7 heteroatoms. The van der Waals surface area contributed by atoms with E-state index in [1.165, 1.54) is 12.1 Å². The van der Waals surface area contributed by atoms with Crippen LogP contribution in [-0.4, -0.2) is 25.2 Å². The number of furan rings is 2. The van der Waals surface area contributed by atoms with Crippen molar-refractivity contribution in [2.75, 3.05) is 13.2 Å². The van der Waals surface area contributed by atoms with E-state index in [1.54, 1.807) is 57.2 Å². The molecule has 32 heavy (non-hydrogen) atoms. The van der Waals surface area contributed by atoms with Crippen LogP contribution in [0.5, 0.6) is 0 Å². The van der Waals surface area contributed by atoms with Crippen LogP contribution in [0.1, 0.15) is 51.6 Å². The van der Waals surface area contributed by atoms with E-state index in [1.807, 2.05) is 0 Å². The number of rotatable bonds is 6. The van der Waals surface area contributed by atoms with Gasteiger partial charge in [0.1, 0.15) is 39.6 Å². The molecule has 0 aliphatic carbocycles. The average molecular weight is 436 g/mol. The molecule has 0 saturated heterocycles. The van der Waals surface area contributed by atoms with E-state index in [2.05, 4.69) is 0 Å². The van der Waals surface area contributed by atoms with Gasteiger partial charge in [0.25, 0.3) is 0 Å². The molecular weight excluding hydrogens is 415 g/mol. The molecule has 2 aromatic carbocycles. The second kappa shape index (κ2) is 8.70. The summed E-state index contributed by atoms with van der Waals surface area (Å²) < 4.78 is 35.3. The van der Waals surface area contributed by atoms with E-state index in [0.29, 0.717) is 33.3 Å². The first-order valence-corrected chi connectivity index (χ1v) is 10.2. The van der Waals surface area contributed by atoms with E-state index in [0.717, 1.165) is 5.56 Å². The van der Waals surface area contributed by atoms with Crippen molar-refractivity contribution in [2.45, 2.75) is 20.8 Å². The normalized spacial score (nSPS) is 11.5. The van der Waals surface area contributed by atoms with Crippen molar-refractivity contribution in [1.82, 2.24) is 0 Å². The molecule has 0 N–H and O–H groups in total. The fraction of sp³-hybridized carbons (Fsp3) is 0.200. The Morgan fingerprint density at radius 2 is 1.44 bits per heavy atom. The van der Waals surface area contributed by atoms with Gasteiger partial charge in [0, 0.05) is 10.8 Å². The van der Waals surface area contributed by atoms with Gasteiger partial charge >= 0.3 is 11.9 Å². The van der Waals surface area contributed by atoms with Crippen molar-refractivity contribution >= 4 is 46.0 Å². The highest BCUT2D eigenvalue weighted by Gasteiger charge is 2.25. The highest BCUT2D eigenvalue weighted by molar-refractivity contribution is 6.13. The van der Waals surface area contributed by atoms with Crippen LogP contribution in [0.15, 0.2) is 45.2 Å². The van der Waals surface area contributed by atoms with E-state index in [-0.39, 0.29) is 30.4 Å². The number of hydrogen-bond acceptors (Lipinski definition) is 6. The lowest BCUT2D eigenvalue weighted by Gasteiger charge is -2.01. The monoisotopic (exact) mass is 436 g/mol. The van der Waals surface area contributed by atoms with Gasteiger partial charge in [-0.15, -0.1) is 0 Å². The van der Waals surface area contributed by atoms with Gasteiger partial charge in [0.05, 0.1) is 13.2 Å². The molecule has 2 heterocycles. The predicted molar refractivity (Wildman–Crippen MR) is 118 cm³/mol. The van der Waals surface area contributed by atoms with Gasteiger partial charge in [-0.2, -0.15) is 0 Å². The van der Waals surface area contributed by atoms with Gasteiger partial charge in [-0.3, -0.25) is 0 Å². The van der Waals surface area contributed by atoms with Crippen LogP contribution < -0.4 is 0 Å². The van der Waals surface area contributed by atoms with Gasteiger partial charge in [0.15, 0.2) is 0 Å². The molecule has 0 radical (unpaired) electrons. The molecule has 0 saturated carbocycles. The van der Waals surface area contributed by atoms with E-state index in [9.17, 15) is 14.0 Å². The lowest BCUT2D eigenvalue weighted by molar-refractivity contribution is 0.0517. The number of carbonyl (C=O) groups is 2. The molecule has 164 valence electrons. The summed E-state index contributed by atoms with van der Waals surface area (Å²) in [4.78, 5) is 25.1. The second-order valence-corrected chi connectivity index (χ2v) is 7.04. The molecule has 2 aromatic heterocycles. The first-order chi connectivity index (χ1) is 15.4. The molecule has 4 rings (SSSR count). The Hall–Kier alpha value is -3.87. The highest BCUT2D eigenvalue weighted by Crippen LogP contribution is 2.35. The molecule has 0 bridgehead atoms. The maximum Gasteiger partial charge on any atom is 0.342 e. The molecule has 0 amide bonds. The number of esters is 2. The Labute approximate surface area is 183 Å². The molecule has 0 aliphatic heterocycles. The quantitative estimate of drug-likeness (QED) is 0.337. The van der Waals surface area contributed by atoms with Gasteiger partial charge in [0.2, 0.25) is 0 Å². The Balaban J connectivity index is 1.88. The van der Waals surface area contributed by atoms with Crippen LogP contribution >= 0.6 is 0 Å². The Morgan fingerprint density at radius 1 is 0.875 bits per heavy atom. The summed E-state index contributed by atoms with van der Waals surface area (Å²) in [6, 6.07) is 9.23. The molecule has 0 spiro atoms. The average Bonchev–Trinajstić information content (AvgIpc) is 3.27. The smallest absolute Gasteiger partial charge is 0.342 e. The Bertz CT molecular complexity index is 1340. The van der Waals surface area contributed by atoms with Gasteiger partial charge in [-0.1, -0.05) is 18.2 Å². The molecule has 0 atom stereocenters. The van der Waals surface area contributed by atoms with Crippen molar-refractivity contribution in [1.29, 1.82) is 0 Å². The topological polar surface area (TPSA) is 78.9 Å². The maximum absolute atomic E-state index is 13.2. The van der Waals surface area contributed by atoms with Crippen LogP contribution in [0.2, 0.25) is 0 Å². The third-order valence-electron chi connectivity index (χ3n) is 4.96. The van der Waals surface area contributed by atoms with Gasteiger partial charge in [-0.05, 0) is 56.7 Å². The third kappa shape index (κ3) is 3.89. The van der Waals surface area contributed by atoms with Crippen LogP contribution in [0.25, 0.3) is 34.1 Å². The number of carbonyl (C=O) groups excluding carboxylic acids is 2. The standard InChI is InChI=1S/C25H21FO6/c1-4-29-24(27)22-14(3)31-20-13-18-21(12-17(20)22)32-19(23(18)25(28)30-5-2)11-8-15-6-9-16(26)10-7-15/h6-13H,4-5H2,1-3H3/b11-8+. The van der Waals surface area contributed by atoms with E-state index >= 15 is 0 Å². The summed E-state index contributed by atoms with van der Waals surface area (Å²) in [5.41, 5.74) is 2.12. The minimum Gasteiger partial charge on any atom is -0.462 e. The number of fused-ring (bicyclic) bond motifs is 2. The minimum atomic E-state index is -0.543. The summed E-state index contributed by atoms with van der Waals surface area (Å²) in [6.45, 7) is 5.55. The largest absolute Gasteiger partial charge is 0.462 e. The SMILES string of the molecule is CCOC(=O)c1c(C)oc2cc3c(C(=O)OCC)c(/C=C/c4ccc(F)cc4)oc3cc12. The van der Waals surface area contributed by atoms with Crippen LogP contribution in [0.4, 0.5) is 4.39 Å². The molecule has 4 aromatic rings. The second-order valence-electron chi connectivity index (χ2n) is 7.04. The zero-order valence-electron chi connectivity index (χ0n) is 17.9. The van der Waals surface area contributed by atoms with Crippen molar-refractivity contribution in [3.63, 3.8) is 0 Å². The fourth-order valence-corrected chi connectivity index (χ4v) is 3.56. The van der Waals surface area contributed by atoms with Crippen LogP contribution in [0.3, 0.4) is 0 Å². The molecule has 0 unspecified atom stereocenters. The fourth-order valence-electron chi connectivity index (χ4n) is 3.56. The summed E-state index contributed by atoms with van der Waals surface area (Å²) in [5, 5.41) is 1.03. The number of ether oxygens (including phenoxy) is 2. The third-order valence-corrected chi connectivity index (χ3v) is 4.96. The predicted octanol–water partition coefficient (Wildman–Crippen LogP) is 6.15. The van der Waals surface area contributed by atoms with Crippen LogP contribution in [0, 0.1) is 12.7 Å². The zero-order valence-corrected chi connectivity index (χ0v) is 17.9. The zero-order chi connectivity index (χ0) is 22.8. The Kier molecular flexibility index (Phi) is 5.81. The first-order valence-electron chi connectivity index (χ1n) is 10.2. The van der Waals surface area contributed by atoms with Crippen LogP contribution in [-0.2, 0) is 9.47 Å². The summed E-state index contributed by atoms with van der Waals surface area (Å²) in [7, 11) is 0. The van der Waals surface area contributed by atoms with Crippen molar-refractivity contribution < 1.29 is 32.3 Å². The van der Waals surface area contributed by atoms with Gasteiger partial charge in [-0.25, -0.2) is 14.0 Å². The maximum atomic E-state index is 13.2. The summed E-state index contributed by atoms with van der Waals surface area (Å²) >= 11 is 0. The summed E-state index contributed by atoms with van der Waals surface area (Å²) in [5.74, 6) is -0.673. The number of halogens is 1. The lowest BCUT2D eigenvalue weighted by atomic mass is 10.1. The molecule has 6 nitrogen and oxygen atoms in total. The number of hydrogen-bond donors (Lipinski definition) is 0. The van der Waals surface area contributed by atoms with Gasteiger partial charge < -0.3 is 18.3 Å². The lowest BCUT2D eigenvalue weighted by Crippen LogP contribution is -2.05. The van der Waals surface area contributed by atoms with Crippen molar-refractivity contribution in [3.05, 3.63) is 70.4 Å². The van der Waals surface area contributed by atoms with E-state index < -0.39 is 11.9 Å². The first kappa shape index (κ1) is 21.4. The molecule has 0 aliphatic rings. The van der Waals surface area contributed by atoms with Crippen molar-refractivity contribution in [2.24, 2.45) is 0 Å². The Morgan fingerprint density at radius 3 is 2.06 bits per heavy atom.